The average molecular weight is 238 g/mol. The topological polar surface area (TPSA) is 41.6 Å². The summed E-state index contributed by atoms with van der Waals surface area (Å²) >= 11 is 0. The minimum atomic E-state index is 0.259. The third-order valence-electron chi connectivity index (χ3n) is 2.69. The smallest absolute Gasteiger partial charge is 0.207 e. The van der Waals surface area contributed by atoms with E-state index in [2.05, 4.69) is 30.1 Å². The van der Waals surface area contributed by atoms with E-state index in [1.807, 2.05) is 19.1 Å². The number of nitrogens with one attached hydrogen (secondary N) is 1. The monoisotopic (exact) mass is 238 g/mol. The molecule has 17 heavy (non-hydrogen) atoms. The van der Waals surface area contributed by atoms with Gasteiger partial charge in [0.2, 0.25) is 6.41 Å². The predicted molar refractivity (Wildman–Crippen MR) is 68.5 cm³/mol. The third kappa shape index (κ3) is 4.61. The number of nitrogens with zero attached hydrogens (tertiary/aromatic N) is 1. The molecule has 1 heterocycles. The Morgan fingerprint density at radius 2 is 2.06 bits per heavy atom. The first kappa shape index (κ1) is 13.8. The number of morpholine rings is 1. The summed E-state index contributed by atoms with van der Waals surface area (Å²) in [5.74, 6) is 0. The van der Waals surface area contributed by atoms with Gasteiger partial charge in [0.1, 0.15) is 0 Å². The Kier molecular flexibility index (Phi) is 5.77. The standard InChI is InChI=1S/C13H22N2O2/c1-4-13(6-5-7-14-10-16)15-8-11(2)17-12(3)9-15/h4-6,10-12H,7-9H2,1-3H3,(H,14,16)/b6-5-,13-4+. The molecule has 1 aliphatic rings. The van der Waals surface area contributed by atoms with Gasteiger partial charge in [-0.2, -0.15) is 0 Å². The van der Waals surface area contributed by atoms with Crippen molar-refractivity contribution >= 4 is 6.41 Å². The van der Waals surface area contributed by atoms with E-state index in [9.17, 15) is 4.79 Å². The van der Waals surface area contributed by atoms with Gasteiger partial charge < -0.3 is 15.0 Å². The quantitative estimate of drug-likeness (QED) is 0.446. The van der Waals surface area contributed by atoms with E-state index in [0.29, 0.717) is 13.0 Å². The van der Waals surface area contributed by atoms with Gasteiger partial charge >= 0.3 is 0 Å². The first-order valence-electron chi connectivity index (χ1n) is 6.07. The molecule has 0 aliphatic carbocycles. The molecule has 2 atom stereocenters. The Labute approximate surface area is 103 Å². The van der Waals surface area contributed by atoms with Crippen LogP contribution in [0.3, 0.4) is 0 Å². The molecule has 0 saturated carbocycles. The second-order valence-corrected chi connectivity index (χ2v) is 4.30. The maximum absolute atomic E-state index is 10.1. The van der Waals surface area contributed by atoms with Crippen LogP contribution in [0.5, 0.6) is 0 Å². The average Bonchev–Trinajstić information content (AvgIpc) is 2.28. The van der Waals surface area contributed by atoms with E-state index >= 15 is 0 Å². The van der Waals surface area contributed by atoms with Crippen LogP contribution in [0, 0.1) is 0 Å². The molecular formula is C13H22N2O2. The highest BCUT2D eigenvalue weighted by Crippen LogP contribution is 2.16. The first-order valence-corrected chi connectivity index (χ1v) is 6.07. The highest BCUT2D eigenvalue weighted by Gasteiger charge is 2.22. The largest absolute Gasteiger partial charge is 0.372 e. The van der Waals surface area contributed by atoms with Crippen molar-refractivity contribution in [2.24, 2.45) is 0 Å². The summed E-state index contributed by atoms with van der Waals surface area (Å²) in [5, 5.41) is 2.61. The SMILES string of the molecule is C/C=C(\C=C/CNC=O)N1CC(C)OC(C)C1. The molecule has 1 aliphatic heterocycles. The fraction of sp³-hybridized carbons (Fsp3) is 0.615. The molecule has 1 fully saturated rings. The van der Waals surface area contributed by atoms with E-state index in [1.54, 1.807) is 0 Å². The second kappa shape index (κ2) is 7.12. The fourth-order valence-electron chi connectivity index (χ4n) is 2.07. The van der Waals surface area contributed by atoms with Gasteiger partial charge in [0.05, 0.1) is 12.2 Å². The van der Waals surface area contributed by atoms with Gasteiger partial charge in [0, 0.05) is 25.3 Å². The van der Waals surface area contributed by atoms with Gasteiger partial charge in [0.15, 0.2) is 0 Å². The summed E-state index contributed by atoms with van der Waals surface area (Å²) in [5.41, 5.74) is 1.18. The number of carbonyl (C=O) groups excluding carboxylic acids is 1. The number of allylic oxidation sites excluding steroid dienone is 2. The van der Waals surface area contributed by atoms with Crippen LogP contribution in [0.1, 0.15) is 20.8 Å². The van der Waals surface area contributed by atoms with Crippen molar-refractivity contribution in [3.05, 3.63) is 23.9 Å². The molecule has 0 radical (unpaired) electrons. The van der Waals surface area contributed by atoms with Crippen molar-refractivity contribution in [3.8, 4) is 0 Å². The number of hydrogen-bond acceptors (Lipinski definition) is 3. The van der Waals surface area contributed by atoms with Crippen molar-refractivity contribution < 1.29 is 9.53 Å². The number of amides is 1. The molecule has 0 bridgehead atoms. The van der Waals surface area contributed by atoms with E-state index in [-0.39, 0.29) is 12.2 Å². The summed E-state index contributed by atoms with van der Waals surface area (Å²) in [6.45, 7) is 8.60. The molecular weight excluding hydrogens is 216 g/mol. The Hall–Kier alpha value is -1.29. The lowest BCUT2D eigenvalue weighted by molar-refractivity contribution is -0.109. The number of carbonyl (C=O) groups is 1. The molecule has 4 nitrogen and oxygen atoms in total. The minimum absolute atomic E-state index is 0.259. The van der Waals surface area contributed by atoms with E-state index in [0.717, 1.165) is 13.1 Å². The summed E-state index contributed by atoms with van der Waals surface area (Å²) in [7, 11) is 0. The van der Waals surface area contributed by atoms with Crippen LogP contribution < -0.4 is 5.32 Å². The second-order valence-electron chi connectivity index (χ2n) is 4.30. The lowest BCUT2D eigenvalue weighted by Crippen LogP contribution is -2.44. The van der Waals surface area contributed by atoms with Crippen LogP contribution in [0.4, 0.5) is 0 Å². The van der Waals surface area contributed by atoms with Gasteiger partial charge in [-0.05, 0) is 26.8 Å². The van der Waals surface area contributed by atoms with Gasteiger partial charge in [0.25, 0.3) is 0 Å². The molecule has 1 rings (SSSR count). The van der Waals surface area contributed by atoms with E-state index in [1.165, 1.54) is 5.70 Å². The van der Waals surface area contributed by atoms with Crippen molar-refractivity contribution in [3.63, 3.8) is 0 Å². The van der Waals surface area contributed by atoms with E-state index < -0.39 is 0 Å². The summed E-state index contributed by atoms with van der Waals surface area (Å²) in [6.07, 6.45) is 7.31. The van der Waals surface area contributed by atoms with Gasteiger partial charge in [-0.15, -0.1) is 0 Å². The van der Waals surface area contributed by atoms with Gasteiger partial charge in [-0.25, -0.2) is 0 Å². The van der Waals surface area contributed by atoms with Crippen molar-refractivity contribution in [1.82, 2.24) is 10.2 Å². The van der Waals surface area contributed by atoms with Gasteiger partial charge in [-0.3, -0.25) is 4.79 Å². The minimum Gasteiger partial charge on any atom is -0.372 e. The van der Waals surface area contributed by atoms with Crippen LogP contribution in [-0.4, -0.2) is 43.2 Å². The lowest BCUT2D eigenvalue weighted by atomic mass is 10.2. The first-order chi connectivity index (χ1) is 8.17. The van der Waals surface area contributed by atoms with Crippen molar-refractivity contribution in [2.45, 2.75) is 33.0 Å². The molecule has 1 saturated heterocycles. The molecule has 0 aromatic carbocycles. The van der Waals surface area contributed by atoms with Crippen molar-refractivity contribution in [2.75, 3.05) is 19.6 Å². The fourth-order valence-corrected chi connectivity index (χ4v) is 2.07. The highest BCUT2D eigenvalue weighted by atomic mass is 16.5. The third-order valence-corrected chi connectivity index (χ3v) is 2.69. The van der Waals surface area contributed by atoms with Crippen LogP contribution in [0.25, 0.3) is 0 Å². The van der Waals surface area contributed by atoms with Crippen LogP contribution in [0.15, 0.2) is 23.9 Å². The number of rotatable bonds is 5. The normalized spacial score (nSPS) is 26.3. The summed E-state index contributed by atoms with van der Waals surface area (Å²) in [6, 6.07) is 0. The van der Waals surface area contributed by atoms with Crippen LogP contribution in [0.2, 0.25) is 0 Å². The molecule has 0 aromatic heterocycles. The van der Waals surface area contributed by atoms with Crippen molar-refractivity contribution in [1.29, 1.82) is 0 Å². The Morgan fingerprint density at radius 3 is 2.59 bits per heavy atom. The maximum atomic E-state index is 10.1. The zero-order valence-electron chi connectivity index (χ0n) is 10.8. The van der Waals surface area contributed by atoms with Crippen LogP contribution >= 0.6 is 0 Å². The molecule has 0 spiro atoms. The molecule has 2 unspecified atom stereocenters. The Morgan fingerprint density at radius 1 is 1.41 bits per heavy atom. The maximum Gasteiger partial charge on any atom is 0.207 e. The van der Waals surface area contributed by atoms with E-state index in [4.69, 9.17) is 4.74 Å². The molecule has 96 valence electrons. The highest BCUT2D eigenvalue weighted by molar-refractivity contribution is 5.46. The van der Waals surface area contributed by atoms with Gasteiger partial charge in [-0.1, -0.05) is 12.2 Å². The Bertz CT molecular complexity index is 290. The zero-order valence-corrected chi connectivity index (χ0v) is 10.8. The summed E-state index contributed by atoms with van der Waals surface area (Å²) < 4.78 is 5.70. The van der Waals surface area contributed by atoms with Crippen LogP contribution in [-0.2, 0) is 9.53 Å². The molecule has 0 aromatic rings. The number of hydrogen-bond donors (Lipinski definition) is 1. The lowest BCUT2D eigenvalue weighted by Gasteiger charge is -2.37. The zero-order chi connectivity index (χ0) is 12.7. The molecule has 1 amide bonds. The predicted octanol–water partition coefficient (Wildman–Crippen LogP) is 1.30. The Balaban J connectivity index is 2.55. The molecule has 4 heteroatoms. The molecule has 1 N–H and O–H groups in total. The number of ether oxygens (including phenoxy) is 1. The summed E-state index contributed by atoms with van der Waals surface area (Å²) in [4.78, 5) is 12.4.